The average molecular weight is 436 g/mol. The van der Waals surface area contributed by atoms with E-state index in [1.165, 1.54) is 6.07 Å². The summed E-state index contributed by atoms with van der Waals surface area (Å²) in [5.74, 6) is 0.0652. The van der Waals surface area contributed by atoms with Crippen molar-refractivity contribution in [1.82, 2.24) is 19.8 Å². The zero-order valence-electron chi connectivity index (χ0n) is 17.4. The average Bonchev–Trinajstić information content (AvgIpc) is 2.75. The van der Waals surface area contributed by atoms with E-state index in [0.29, 0.717) is 23.6 Å². The highest BCUT2D eigenvalue weighted by Crippen LogP contribution is 2.27. The Morgan fingerprint density at radius 2 is 2.00 bits per heavy atom. The fraction of sp³-hybridized carbons (Fsp3) is 0.500. The minimum Gasteiger partial charge on any atom is -0.386 e. The molecular formula is C22H27F3N4O2. The molecule has 0 bridgehead atoms. The van der Waals surface area contributed by atoms with Gasteiger partial charge in [-0.25, -0.2) is 0 Å². The molecule has 3 rings (SSSR count). The van der Waals surface area contributed by atoms with E-state index in [1.807, 2.05) is 0 Å². The molecule has 1 atom stereocenters. The molecule has 2 aromatic heterocycles. The third kappa shape index (κ3) is 6.73. The number of aromatic nitrogens is 2. The summed E-state index contributed by atoms with van der Waals surface area (Å²) in [4.78, 5) is 24.3. The number of aliphatic hydroxyl groups excluding tert-OH is 1. The fourth-order valence-corrected chi connectivity index (χ4v) is 3.70. The first kappa shape index (κ1) is 23.1. The number of halogens is 3. The molecule has 6 nitrogen and oxygen atoms in total. The van der Waals surface area contributed by atoms with Gasteiger partial charge in [-0.05, 0) is 56.6 Å². The first-order valence-electron chi connectivity index (χ1n) is 10.3. The van der Waals surface area contributed by atoms with Crippen molar-refractivity contribution in [1.29, 1.82) is 0 Å². The van der Waals surface area contributed by atoms with Gasteiger partial charge in [0.05, 0.1) is 19.1 Å². The number of carbonyl (C=O) groups is 1. The largest absolute Gasteiger partial charge is 0.433 e. The third-order valence-corrected chi connectivity index (χ3v) is 5.60. The van der Waals surface area contributed by atoms with Gasteiger partial charge in [-0.15, -0.1) is 0 Å². The number of carbonyl (C=O) groups excluding carboxylic acids is 1. The zero-order valence-corrected chi connectivity index (χ0v) is 17.4. The SMILES string of the molecule is CN1CCC(CN(CC(O)c2cccnc2)C(=O)Cc2ccc(C(F)(F)F)nc2)CC1. The molecule has 0 saturated carbocycles. The number of rotatable bonds is 7. The van der Waals surface area contributed by atoms with Crippen LogP contribution in [0.1, 0.15) is 35.8 Å². The van der Waals surface area contributed by atoms with E-state index in [-0.39, 0.29) is 18.9 Å². The van der Waals surface area contributed by atoms with Crippen molar-refractivity contribution in [3.8, 4) is 0 Å². The molecule has 1 unspecified atom stereocenters. The second kappa shape index (κ2) is 10.2. The molecular weight excluding hydrogens is 409 g/mol. The number of piperidine rings is 1. The van der Waals surface area contributed by atoms with Gasteiger partial charge < -0.3 is 14.9 Å². The molecule has 0 aliphatic carbocycles. The molecule has 1 amide bonds. The summed E-state index contributed by atoms with van der Waals surface area (Å²) in [5.41, 5.74) is 0.0287. The van der Waals surface area contributed by atoms with Gasteiger partial charge in [0.1, 0.15) is 5.69 Å². The van der Waals surface area contributed by atoms with E-state index in [1.54, 1.807) is 29.4 Å². The maximum atomic E-state index is 13.0. The number of pyridine rings is 2. The van der Waals surface area contributed by atoms with E-state index in [0.717, 1.165) is 38.2 Å². The Morgan fingerprint density at radius 1 is 1.26 bits per heavy atom. The molecule has 168 valence electrons. The van der Waals surface area contributed by atoms with Crippen LogP contribution in [-0.2, 0) is 17.4 Å². The third-order valence-electron chi connectivity index (χ3n) is 5.60. The highest BCUT2D eigenvalue weighted by molar-refractivity contribution is 5.78. The Kier molecular flexibility index (Phi) is 7.61. The smallest absolute Gasteiger partial charge is 0.386 e. The van der Waals surface area contributed by atoms with Crippen molar-refractivity contribution < 1.29 is 23.1 Å². The first-order chi connectivity index (χ1) is 14.7. The maximum absolute atomic E-state index is 13.0. The molecule has 9 heteroatoms. The number of aliphatic hydroxyl groups is 1. The summed E-state index contributed by atoms with van der Waals surface area (Å²) >= 11 is 0. The molecule has 3 heterocycles. The van der Waals surface area contributed by atoms with Crippen LogP contribution in [0.15, 0.2) is 42.9 Å². The van der Waals surface area contributed by atoms with E-state index in [4.69, 9.17) is 0 Å². The number of hydrogen-bond acceptors (Lipinski definition) is 5. The summed E-state index contributed by atoms with van der Waals surface area (Å²) in [6.07, 6.45) is 0.670. The first-order valence-corrected chi connectivity index (χ1v) is 10.3. The lowest BCUT2D eigenvalue weighted by Crippen LogP contribution is -2.42. The summed E-state index contributed by atoms with van der Waals surface area (Å²) in [7, 11) is 2.06. The molecule has 2 aromatic rings. The predicted octanol–water partition coefficient (Wildman–Crippen LogP) is 2.94. The van der Waals surface area contributed by atoms with Crippen LogP contribution in [0.4, 0.5) is 13.2 Å². The minimum atomic E-state index is -4.52. The lowest BCUT2D eigenvalue weighted by molar-refractivity contribution is -0.141. The lowest BCUT2D eigenvalue weighted by atomic mass is 9.96. The van der Waals surface area contributed by atoms with Crippen LogP contribution in [-0.4, -0.2) is 64.0 Å². The maximum Gasteiger partial charge on any atom is 0.433 e. The topological polar surface area (TPSA) is 69.6 Å². The second-order valence-electron chi connectivity index (χ2n) is 8.07. The zero-order chi connectivity index (χ0) is 22.4. The van der Waals surface area contributed by atoms with E-state index >= 15 is 0 Å². The van der Waals surface area contributed by atoms with E-state index < -0.39 is 18.0 Å². The quantitative estimate of drug-likeness (QED) is 0.723. The Balaban J connectivity index is 1.70. The van der Waals surface area contributed by atoms with Crippen molar-refractivity contribution in [3.05, 3.63) is 59.7 Å². The molecule has 31 heavy (non-hydrogen) atoms. The minimum absolute atomic E-state index is 0.0719. The monoisotopic (exact) mass is 436 g/mol. The van der Waals surface area contributed by atoms with Crippen LogP contribution < -0.4 is 0 Å². The molecule has 0 radical (unpaired) electrons. The molecule has 0 spiro atoms. The summed E-state index contributed by atoms with van der Waals surface area (Å²) in [6.45, 7) is 2.49. The molecule has 1 saturated heterocycles. The summed E-state index contributed by atoms with van der Waals surface area (Å²) < 4.78 is 38.2. The van der Waals surface area contributed by atoms with Gasteiger partial charge in [-0.3, -0.25) is 14.8 Å². The van der Waals surface area contributed by atoms with Gasteiger partial charge in [0.25, 0.3) is 0 Å². The molecule has 1 N–H and O–H groups in total. The van der Waals surface area contributed by atoms with Crippen LogP contribution >= 0.6 is 0 Å². The van der Waals surface area contributed by atoms with Gasteiger partial charge in [0, 0.05) is 30.7 Å². The normalized spacial score (nSPS) is 16.8. The van der Waals surface area contributed by atoms with Crippen molar-refractivity contribution in [2.75, 3.05) is 33.2 Å². The van der Waals surface area contributed by atoms with E-state index in [2.05, 4.69) is 21.9 Å². The molecule has 1 fully saturated rings. The molecule has 0 aromatic carbocycles. The summed E-state index contributed by atoms with van der Waals surface area (Å²) in [6, 6.07) is 5.62. The number of nitrogens with zero attached hydrogens (tertiary/aromatic N) is 4. The molecule has 1 aliphatic rings. The Hall–Kier alpha value is -2.52. The van der Waals surface area contributed by atoms with Gasteiger partial charge in [-0.2, -0.15) is 13.2 Å². The van der Waals surface area contributed by atoms with Crippen molar-refractivity contribution in [2.24, 2.45) is 5.92 Å². The number of hydrogen-bond donors (Lipinski definition) is 1. The predicted molar refractivity (Wildman–Crippen MR) is 109 cm³/mol. The van der Waals surface area contributed by atoms with Crippen molar-refractivity contribution in [3.63, 3.8) is 0 Å². The highest BCUT2D eigenvalue weighted by atomic mass is 19.4. The lowest BCUT2D eigenvalue weighted by Gasteiger charge is -2.34. The standard InChI is InChI=1S/C22H27F3N4O2/c1-28-9-6-16(7-10-28)14-29(15-19(30)18-3-2-8-26-13-18)21(31)11-17-4-5-20(27-12-17)22(23,24)25/h2-5,8,12-13,16,19,30H,6-7,9-11,14-15H2,1H3. The van der Waals surface area contributed by atoms with Crippen LogP contribution in [0.2, 0.25) is 0 Å². The number of alkyl halides is 3. The highest BCUT2D eigenvalue weighted by Gasteiger charge is 2.32. The number of likely N-dealkylation sites (tertiary alicyclic amines) is 1. The van der Waals surface area contributed by atoms with Crippen molar-refractivity contribution in [2.45, 2.75) is 31.5 Å². The van der Waals surface area contributed by atoms with Crippen LogP contribution in [0.3, 0.4) is 0 Å². The molecule has 1 aliphatic heterocycles. The van der Waals surface area contributed by atoms with E-state index in [9.17, 15) is 23.1 Å². The van der Waals surface area contributed by atoms with Gasteiger partial charge in [0.15, 0.2) is 0 Å². The fourth-order valence-electron chi connectivity index (χ4n) is 3.70. The Labute approximate surface area is 179 Å². The second-order valence-corrected chi connectivity index (χ2v) is 8.07. The van der Waals surface area contributed by atoms with Crippen LogP contribution in [0, 0.1) is 5.92 Å². The van der Waals surface area contributed by atoms with Gasteiger partial charge in [0.2, 0.25) is 5.91 Å². The Morgan fingerprint density at radius 3 is 2.58 bits per heavy atom. The van der Waals surface area contributed by atoms with Gasteiger partial charge in [-0.1, -0.05) is 12.1 Å². The number of amides is 1. The van der Waals surface area contributed by atoms with Crippen LogP contribution in [0.5, 0.6) is 0 Å². The van der Waals surface area contributed by atoms with Gasteiger partial charge >= 0.3 is 6.18 Å². The van der Waals surface area contributed by atoms with Crippen molar-refractivity contribution >= 4 is 5.91 Å². The summed E-state index contributed by atoms with van der Waals surface area (Å²) in [5, 5.41) is 10.6. The van der Waals surface area contributed by atoms with Crippen LogP contribution in [0.25, 0.3) is 0 Å². The Bertz CT molecular complexity index is 838.